The molecule has 5 nitrogen and oxygen atoms in total. The highest BCUT2D eigenvalue weighted by molar-refractivity contribution is 5.94. The maximum Gasteiger partial charge on any atom is 0.254 e. The van der Waals surface area contributed by atoms with Crippen LogP contribution in [0.3, 0.4) is 0 Å². The van der Waals surface area contributed by atoms with Gasteiger partial charge < -0.3 is 19.7 Å². The monoisotopic (exact) mass is 324 g/mol. The van der Waals surface area contributed by atoms with Crippen molar-refractivity contribution in [1.29, 1.82) is 0 Å². The van der Waals surface area contributed by atoms with Crippen LogP contribution >= 0.6 is 12.4 Å². The maximum atomic E-state index is 12.6. The number of halogens is 1. The number of hydrogen-bond donors (Lipinski definition) is 1. The minimum absolute atomic E-state index is 0. The van der Waals surface area contributed by atoms with Crippen molar-refractivity contribution in [3.8, 4) is 5.75 Å². The third-order valence-electron chi connectivity index (χ3n) is 3.84. The lowest BCUT2D eigenvalue weighted by atomic mass is 10.2. The van der Waals surface area contributed by atoms with E-state index in [9.17, 15) is 4.79 Å². The lowest BCUT2D eigenvalue weighted by Crippen LogP contribution is -2.47. The first-order valence-corrected chi connectivity index (χ1v) is 7.26. The van der Waals surface area contributed by atoms with Gasteiger partial charge in [-0.05, 0) is 18.2 Å². The molecule has 0 saturated carbocycles. The van der Waals surface area contributed by atoms with Crippen LogP contribution in [0, 0.1) is 0 Å². The summed E-state index contributed by atoms with van der Waals surface area (Å²) >= 11 is 0. The minimum atomic E-state index is 0. The molecule has 3 rings (SSSR count). The molecule has 0 bridgehead atoms. The molecule has 6 heteroatoms. The molecule has 0 unspecified atom stereocenters. The lowest BCUT2D eigenvalue weighted by Gasteiger charge is -2.25. The van der Waals surface area contributed by atoms with Crippen LogP contribution in [-0.4, -0.2) is 55.8 Å². The Hall–Kier alpha value is -1.56. The first-order chi connectivity index (χ1) is 10.3. The number of benzene rings is 1. The second kappa shape index (κ2) is 7.63. The Balaban J connectivity index is 0.00000176. The Kier molecular flexibility index (Phi) is 5.83. The van der Waals surface area contributed by atoms with Gasteiger partial charge in [-0.15, -0.1) is 12.4 Å². The summed E-state index contributed by atoms with van der Waals surface area (Å²) in [5.41, 5.74) is 0.648. The number of morpholine rings is 1. The van der Waals surface area contributed by atoms with Crippen LogP contribution in [0.15, 0.2) is 36.9 Å². The fourth-order valence-corrected chi connectivity index (χ4v) is 2.82. The first kappa shape index (κ1) is 16.8. The Morgan fingerprint density at radius 2 is 2.36 bits per heavy atom. The molecule has 0 spiro atoms. The predicted molar refractivity (Wildman–Crippen MR) is 86.8 cm³/mol. The molecule has 0 radical (unpaired) electrons. The van der Waals surface area contributed by atoms with Gasteiger partial charge in [0.2, 0.25) is 0 Å². The van der Waals surface area contributed by atoms with Crippen LogP contribution in [0.1, 0.15) is 10.4 Å². The van der Waals surface area contributed by atoms with E-state index in [1.54, 1.807) is 12.1 Å². The topological polar surface area (TPSA) is 50.8 Å². The van der Waals surface area contributed by atoms with Gasteiger partial charge in [0.15, 0.2) is 0 Å². The zero-order chi connectivity index (χ0) is 14.7. The normalized spacial score (nSPS) is 23.4. The molecule has 1 amide bonds. The van der Waals surface area contributed by atoms with Gasteiger partial charge in [0, 0.05) is 25.2 Å². The highest BCUT2D eigenvalue weighted by Crippen LogP contribution is 2.21. The van der Waals surface area contributed by atoms with Crippen molar-refractivity contribution in [3.63, 3.8) is 0 Å². The number of carbonyl (C=O) groups is 1. The Bertz CT molecular complexity index is 524. The van der Waals surface area contributed by atoms with Crippen LogP contribution in [0.2, 0.25) is 0 Å². The number of ether oxygens (including phenoxy) is 2. The number of fused-ring (bicyclic) bond motifs is 1. The molecule has 2 saturated heterocycles. The molecule has 1 aromatic rings. The molecule has 2 aliphatic heterocycles. The second-order valence-corrected chi connectivity index (χ2v) is 5.31. The zero-order valence-corrected chi connectivity index (χ0v) is 13.2. The minimum Gasteiger partial charge on any atom is -0.490 e. The molecule has 22 heavy (non-hydrogen) atoms. The van der Waals surface area contributed by atoms with E-state index >= 15 is 0 Å². The van der Waals surface area contributed by atoms with Crippen molar-refractivity contribution in [2.75, 3.05) is 32.8 Å². The molecular weight excluding hydrogens is 304 g/mol. The largest absolute Gasteiger partial charge is 0.490 e. The van der Waals surface area contributed by atoms with Crippen LogP contribution in [-0.2, 0) is 4.74 Å². The van der Waals surface area contributed by atoms with E-state index in [2.05, 4.69) is 11.9 Å². The van der Waals surface area contributed by atoms with Crippen LogP contribution < -0.4 is 10.1 Å². The van der Waals surface area contributed by atoms with Crippen molar-refractivity contribution in [2.24, 2.45) is 0 Å². The van der Waals surface area contributed by atoms with Gasteiger partial charge in [-0.25, -0.2) is 0 Å². The van der Waals surface area contributed by atoms with E-state index in [0.717, 1.165) is 6.54 Å². The number of carbonyl (C=O) groups excluding carboxylic acids is 1. The smallest absolute Gasteiger partial charge is 0.254 e. The van der Waals surface area contributed by atoms with Crippen molar-refractivity contribution >= 4 is 18.3 Å². The van der Waals surface area contributed by atoms with Gasteiger partial charge in [0.05, 0.1) is 18.8 Å². The summed E-state index contributed by atoms with van der Waals surface area (Å²) in [6.45, 7) is 6.96. The van der Waals surface area contributed by atoms with Gasteiger partial charge in [-0.2, -0.15) is 0 Å². The fraction of sp³-hybridized carbons (Fsp3) is 0.438. The van der Waals surface area contributed by atoms with Crippen molar-refractivity contribution in [3.05, 3.63) is 42.5 Å². The van der Waals surface area contributed by atoms with Gasteiger partial charge in [-0.3, -0.25) is 4.79 Å². The summed E-state index contributed by atoms with van der Waals surface area (Å²) < 4.78 is 11.2. The van der Waals surface area contributed by atoms with E-state index in [1.165, 1.54) is 0 Å². The van der Waals surface area contributed by atoms with Crippen molar-refractivity contribution in [2.45, 2.75) is 12.1 Å². The van der Waals surface area contributed by atoms with Gasteiger partial charge in [0.1, 0.15) is 12.4 Å². The highest BCUT2D eigenvalue weighted by Gasteiger charge is 2.37. The number of rotatable bonds is 4. The average Bonchev–Trinajstić information content (AvgIpc) is 2.96. The molecule has 1 aromatic carbocycles. The number of hydrogen-bond acceptors (Lipinski definition) is 4. The molecule has 1 N–H and O–H groups in total. The molecule has 0 aliphatic carbocycles. The quantitative estimate of drug-likeness (QED) is 0.853. The zero-order valence-electron chi connectivity index (χ0n) is 12.4. The van der Waals surface area contributed by atoms with E-state index < -0.39 is 0 Å². The van der Waals surface area contributed by atoms with Crippen LogP contribution in [0.25, 0.3) is 0 Å². The molecule has 2 fully saturated rings. The van der Waals surface area contributed by atoms with E-state index in [-0.39, 0.29) is 30.5 Å². The number of likely N-dealkylation sites (tertiary alicyclic amines) is 1. The Morgan fingerprint density at radius 1 is 1.50 bits per heavy atom. The van der Waals surface area contributed by atoms with Crippen molar-refractivity contribution in [1.82, 2.24) is 10.2 Å². The van der Waals surface area contributed by atoms with Gasteiger partial charge in [-0.1, -0.05) is 18.7 Å². The number of nitrogens with one attached hydrogen (secondary N) is 1. The Morgan fingerprint density at radius 3 is 3.14 bits per heavy atom. The summed E-state index contributed by atoms with van der Waals surface area (Å²) in [5, 5.41) is 3.40. The van der Waals surface area contributed by atoms with Crippen LogP contribution in [0.5, 0.6) is 5.75 Å². The van der Waals surface area contributed by atoms with Crippen molar-refractivity contribution < 1.29 is 14.3 Å². The summed E-state index contributed by atoms with van der Waals surface area (Å²) in [4.78, 5) is 14.4. The number of nitrogens with zero attached hydrogens (tertiary/aromatic N) is 1. The van der Waals surface area contributed by atoms with Crippen LogP contribution in [0.4, 0.5) is 0 Å². The second-order valence-electron chi connectivity index (χ2n) is 5.31. The standard InChI is InChI=1S/C16H20N2O3.ClH/c1-2-7-20-13-5-3-4-12(9-13)16(19)18-10-14-15(11-18)21-8-6-17-14;/h2-5,9,14-15,17H,1,6-8,10-11H2;1H/t14-,15-;/m0./s1. The molecular formula is C16H21ClN2O3. The SMILES string of the molecule is C=CCOc1cccc(C(=O)N2C[C@@H]3NCCO[C@H]3C2)c1.Cl. The van der Waals surface area contributed by atoms with E-state index in [1.807, 2.05) is 23.1 Å². The summed E-state index contributed by atoms with van der Waals surface area (Å²) in [6.07, 6.45) is 1.80. The summed E-state index contributed by atoms with van der Waals surface area (Å²) in [7, 11) is 0. The average molecular weight is 325 g/mol. The molecule has 2 heterocycles. The maximum absolute atomic E-state index is 12.6. The van der Waals surface area contributed by atoms with E-state index in [4.69, 9.17) is 9.47 Å². The highest BCUT2D eigenvalue weighted by atomic mass is 35.5. The fourth-order valence-electron chi connectivity index (χ4n) is 2.82. The third-order valence-corrected chi connectivity index (χ3v) is 3.84. The summed E-state index contributed by atoms with van der Waals surface area (Å²) in [5.74, 6) is 0.714. The Labute approximate surface area is 136 Å². The predicted octanol–water partition coefficient (Wildman–Crippen LogP) is 1.49. The van der Waals surface area contributed by atoms with Gasteiger partial charge in [0.25, 0.3) is 5.91 Å². The lowest BCUT2D eigenvalue weighted by molar-refractivity contribution is 0.0176. The third kappa shape index (κ3) is 3.61. The number of amides is 1. The van der Waals surface area contributed by atoms with Gasteiger partial charge >= 0.3 is 0 Å². The summed E-state index contributed by atoms with van der Waals surface area (Å²) in [6, 6.07) is 7.53. The molecule has 0 aromatic heterocycles. The van der Waals surface area contributed by atoms with E-state index in [0.29, 0.717) is 37.6 Å². The first-order valence-electron chi connectivity index (χ1n) is 7.26. The molecule has 2 atom stereocenters. The molecule has 2 aliphatic rings. The molecule has 120 valence electrons.